The van der Waals surface area contributed by atoms with Crippen molar-refractivity contribution < 1.29 is 4.92 Å². The molecule has 1 heterocycles. The van der Waals surface area contributed by atoms with Gasteiger partial charge in [0.25, 0.3) is 5.69 Å². The molecular formula is C13H13N2O2S. The number of nitro benzene ring substituents is 1. The van der Waals surface area contributed by atoms with Gasteiger partial charge in [0.2, 0.25) is 0 Å². The number of nitro groups is 1. The van der Waals surface area contributed by atoms with Crippen LogP contribution in [-0.4, -0.2) is 9.91 Å². The molecule has 18 heavy (non-hydrogen) atoms. The first-order valence-corrected chi connectivity index (χ1v) is 6.58. The molecule has 1 aromatic carbocycles. The summed E-state index contributed by atoms with van der Waals surface area (Å²) in [5, 5.41) is 13.7. The lowest BCUT2D eigenvalue weighted by atomic mass is 10.1. The van der Waals surface area contributed by atoms with Crippen LogP contribution in [0.3, 0.4) is 0 Å². The smallest absolute Gasteiger partial charge is 0.258 e. The Balaban J connectivity index is 1.95. The Hall–Kier alpha value is -1.75. The van der Waals surface area contributed by atoms with E-state index in [1.54, 1.807) is 23.5 Å². The largest absolute Gasteiger partial charge is 0.269 e. The molecular weight excluding hydrogens is 248 g/mol. The monoisotopic (exact) mass is 261 g/mol. The number of non-ortho nitro benzene ring substituents is 1. The van der Waals surface area contributed by atoms with Crippen molar-refractivity contribution in [3.8, 4) is 0 Å². The lowest BCUT2D eigenvalue weighted by molar-refractivity contribution is -0.384. The third kappa shape index (κ3) is 3.13. The normalized spacial score (nSPS) is 10.5. The molecule has 4 nitrogen and oxygen atoms in total. The summed E-state index contributed by atoms with van der Waals surface area (Å²) < 4.78 is 0. The van der Waals surface area contributed by atoms with Gasteiger partial charge in [-0.05, 0) is 18.4 Å². The highest BCUT2D eigenvalue weighted by Crippen LogP contribution is 2.16. The van der Waals surface area contributed by atoms with Gasteiger partial charge in [-0.1, -0.05) is 19.1 Å². The third-order valence-electron chi connectivity index (χ3n) is 2.57. The molecule has 0 saturated heterocycles. The summed E-state index contributed by atoms with van der Waals surface area (Å²) in [5.41, 5.74) is 2.16. The number of aryl methyl sites for hydroxylation is 1. The predicted octanol–water partition coefficient (Wildman–Crippen LogP) is 3.41. The quantitative estimate of drug-likeness (QED) is 0.612. The fraction of sp³-hybridized carbons (Fsp3) is 0.231. The summed E-state index contributed by atoms with van der Waals surface area (Å²) in [6, 6.07) is 6.62. The van der Waals surface area contributed by atoms with Crippen LogP contribution >= 0.6 is 11.3 Å². The van der Waals surface area contributed by atoms with E-state index in [0.29, 0.717) is 0 Å². The summed E-state index contributed by atoms with van der Waals surface area (Å²) in [5.74, 6) is 0. The second kappa shape index (κ2) is 5.73. The molecule has 0 saturated carbocycles. The molecule has 0 fully saturated rings. The number of aromatic nitrogens is 1. The summed E-state index contributed by atoms with van der Waals surface area (Å²) in [4.78, 5) is 14.6. The van der Waals surface area contributed by atoms with Gasteiger partial charge in [-0.25, -0.2) is 4.98 Å². The van der Waals surface area contributed by atoms with Crippen molar-refractivity contribution in [1.29, 1.82) is 0 Å². The standard InChI is InChI=1S/C13H13N2O2S/c1-2-13-14-11(9-18-13)6-3-10-4-7-12(8-5-10)15(16)17/h4-9H,2-3H2,1H3. The first-order chi connectivity index (χ1) is 8.69. The number of rotatable bonds is 5. The maximum absolute atomic E-state index is 10.5. The van der Waals surface area contributed by atoms with Crippen LogP contribution in [0, 0.1) is 16.5 Å². The van der Waals surface area contributed by atoms with E-state index < -0.39 is 0 Å². The highest BCUT2D eigenvalue weighted by molar-refractivity contribution is 7.09. The predicted molar refractivity (Wildman–Crippen MR) is 71.7 cm³/mol. The van der Waals surface area contributed by atoms with Crippen LogP contribution in [-0.2, 0) is 12.8 Å². The molecule has 1 radical (unpaired) electrons. The number of hydrogen-bond donors (Lipinski definition) is 0. The van der Waals surface area contributed by atoms with Crippen molar-refractivity contribution in [2.24, 2.45) is 0 Å². The first kappa shape index (κ1) is 12.7. The summed E-state index contributed by atoms with van der Waals surface area (Å²) >= 11 is 1.66. The van der Waals surface area contributed by atoms with E-state index in [-0.39, 0.29) is 10.6 Å². The van der Waals surface area contributed by atoms with Crippen LogP contribution in [0.4, 0.5) is 5.69 Å². The molecule has 2 rings (SSSR count). The number of nitrogens with zero attached hydrogens (tertiary/aromatic N) is 2. The third-order valence-corrected chi connectivity index (χ3v) is 3.58. The van der Waals surface area contributed by atoms with E-state index in [1.165, 1.54) is 12.1 Å². The molecule has 0 spiro atoms. The van der Waals surface area contributed by atoms with Crippen molar-refractivity contribution in [1.82, 2.24) is 4.98 Å². The molecule has 5 heteroatoms. The number of thiazole rings is 1. The SMILES string of the molecule is CCc1nc([CH]Cc2ccc([N+](=O)[O-])cc2)cs1. The minimum Gasteiger partial charge on any atom is -0.258 e. The zero-order valence-electron chi connectivity index (χ0n) is 10.00. The average Bonchev–Trinajstić information content (AvgIpc) is 2.85. The Morgan fingerprint density at radius 1 is 1.39 bits per heavy atom. The highest BCUT2D eigenvalue weighted by Gasteiger charge is 2.05. The van der Waals surface area contributed by atoms with E-state index in [0.717, 1.165) is 29.1 Å². The maximum Gasteiger partial charge on any atom is 0.269 e. The van der Waals surface area contributed by atoms with Gasteiger partial charge < -0.3 is 0 Å². The summed E-state index contributed by atoms with van der Waals surface area (Å²) in [7, 11) is 0. The lowest BCUT2D eigenvalue weighted by Gasteiger charge is -1.98. The van der Waals surface area contributed by atoms with Gasteiger partial charge in [0.05, 0.1) is 15.6 Å². The van der Waals surface area contributed by atoms with Gasteiger partial charge in [-0.2, -0.15) is 0 Å². The molecule has 0 aliphatic carbocycles. The molecule has 0 aliphatic rings. The molecule has 1 aromatic heterocycles. The zero-order chi connectivity index (χ0) is 13.0. The van der Waals surface area contributed by atoms with Crippen molar-refractivity contribution >= 4 is 17.0 Å². The molecule has 0 unspecified atom stereocenters. The Bertz CT molecular complexity index is 534. The summed E-state index contributed by atoms with van der Waals surface area (Å²) in [6.07, 6.45) is 3.73. The highest BCUT2D eigenvalue weighted by atomic mass is 32.1. The molecule has 93 valence electrons. The average molecular weight is 261 g/mol. The minimum atomic E-state index is -0.387. The minimum absolute atomic E-state index is 0.126. The van der Waals surface area contributed by atoms with Gasteiger partial charge in [0.15, 0.2) is 0 Å². The van der Waals surface area contributed by atoms with E-state index in [1.807, 2.05) is 11.8 Å². The van der Waals surface area contributed by atoms with Gasteiger partial charge in [0, 0.05) is 23.9 Å². The van der Waals surface area contributed by atoms with Gasteiger partial charge >= 0.3 is 0 Å². The Labute approximate surface area is 109 Å². The van der Waals surface area contributed by atoms with Crippen LogP contribution in [0.25, 0.3) is 0 Å². The molecule has 0 atom stereocenters. The maximum atomic E-state index is 10.5. The van der Waals surface area contributed by atoms with Crippen molar-refractivity contribution in [2.75, 3.05) is 0 Å². The fourth-order valence-corrected chi connectivity index (χ4v) is 2.29. The van der Waals surface area contributed by atoms with Crippen LogP contribution in [0.5, 0.6) is 0 Å². The van der Waals surface area contributed by atoms with Crippen molar-refractivity contribution in [3.63, 3.8) is 0 Å². The van der Waals surface area contributed by atoms with Crippen LogP contribution in [0.1, 0.15) is 23.2 Å². The molecule has 0 N–H and O–H groups in total. The van der Waals surface area contributed by atoms with E-state index in [2.05, 4.69) is 11.9 Å². The van der Waals surface area contributed by atoms with E-state index >= 15 is 0 Å². The summed E-state index contributed by atoms with van der Waals surface area (Å²) in [6.45, 7) is 2.08. The molecule has 0 amide bonds. The van der Waals surface area contributed by atoms with E-state index in [9.17, 15) is 10.1 Å². The lowest BCUT2D eigenvalue weighted by Crippen LogP contribution is -1.91. The van der Waals surface area contributed by atoms with Gasteiger partial charge in [-0.3, -0.25) is 10.1 Å². The van der Waals surface area contributed by atoms with Crippen molar-refractivity contribution in [3.05, 3.63) is 62.4 Å². The Morgan fingerprint density at radius 3 is 2.67 bits per heavy atom. The fourth-order valence-electron chi connectivity index (χ4n) is 1.56. The number of benzene rings is 1. The van der Waals surface area contributed by atoms with Crippen molar-refractivity contribution in [2.45, 2.75) is 19.8 Å². The first-order valence-electron chi connectivity index (χ1n) is 5.70. The van der Waals surface area contributed by atoms with Crippen LogP contribution in [0.2, 0.25) is 0 Å². The Kier molecular flexibility index (Phi) is 4.04. The van der Waals surface area contributed by atoms with Gasteiger partial charge in [0.1, 0.15) is 0 Å². The topological polar surface area (TPSA) is 56.0 Å². The van der Waals surface area contributed by atoms with Crippen LogP contribution in [0.15, 0.2) is 29.6 Å². The molecule has 0 bridgehead atoms. The molecule has 0 aliphatic heterocycles. The second-order valence-electron chi connectivity index (χ2n) is 3.85. The van der Waals surface area contributed by atoms with Crippen LogP contribution < -0.4 is 0 Å². The molecule has 2 aromatic rings. The number of hydrogen-bond acceptors (Lipinski definition) is 4. The van der Waals surface area contributed by atoms with E-state index in [4.69, 9.17) is 0 Å². The zero-order valence-corrected chi connectivity index (χ0v) is 10.8. The van der Waals surface area contributed by atoms with Gasteiger partial charge in [-0.15, -0.1) is 11.3 Å². The second-order valence-corrected chi connectivity index (χ2v) is 4.79. The Morgan fingerprint density at radius 2 is 2.11 bits per heavy atom.